The average Bonchev–Trinajstić information content (AvgIpc) is 2.52. The van der Waals surface area contributed by atoms with Crippen LogP contribution in [-0.4, -0.2) is 25.7 Å². The van der Waals surface area contributed by atoms with Crippen LogP contribution in [0.25, 0.3) is 0 Å². The Hall–Kier alpha value is -2.49. The van der Waals surface area contributed by atoms with E-state index >= 15 is 0 Å². The Kier molecular flexibility index (Phi) is 5.21. The summed E-state index contributed by atoms with van der Waals surface area (Å²) in [6.07, 6.45) is 5.37. The summed E-state index contributed by atoms with van der Waals surface area (Å²) in [7, 11) is 4.03. The molecule has 4 nitrogen and oxygen atoms in total. The van der Waals surface area contributed by atoms with Gasteiger partial charge in [0.05, 0.1) is 17.6 Å². The molecule has 0 fully saturated rings. The summed E-state index contributed by atoms with van der Waals surface area (Å²) in [5.41, 5.74) is 3.21. The zero-order chi connectivity index (χ0) is 15.1. The number of nitrogens with zero attached hydrogens (tertiary/aromatic N) is 2. The van der Waals surface area contributed by atoms with Crippen molar-refractivity contribution in [2.45, 2.75) is 6.54 Å². The zero-order valence-electron chi connectivity index (χ0n) is 12.5. The van der Waals surface area contributed by atoms with E-state index in [0.29, 0.717) is 13.2 Å². The molecule has 2 rings (SSSR count). The first kappa shape index (κ1) is 14.9. The van der Waals surface area contributed by atoms with Crippen LogP contribution in [0.1, 0.15) is 5.56 Å². The van der Waals surface area contributed by atoms with E-state index in [2.05, 4.69) is 27.8 Å². The molecule has 0 aliphatic heterocycles. The highest BCUT2D eigenvalue weighted by Gasteiger charge is 2.06. The molecule has 1 N–H and O–H groups in total. The summed E-state index contributed by atoms with van der Waals surface area (Å²) in [6.45, 7) is 4.86. The first-order valence-corrected chi connectivity index (χ1v) is 6.89. The van der Waals surface area contributed by atoms with Crippen LogP contribution in [0.4, 0.5) is 11.4 Å². The Bertz CT molecular complexity index is 596. The van der Waals surface area contributed by atoms with Crippen molar-refractivity contribution in [1.29, 1.82) is 0 Å². The smallest absolute Gasteiger partial charge is 0.124 e. The number of benzene rings is 1. The second kappa shape index (κ2) is 7.33. The Balaban J connectivity index is 2.11. The molecule has 21 heavy (non-hydrogen) atoms. The fraction of sp³-hybridized carbons (Fsp3) is 0.235. The number of aromatic nitrogens is 1. The van der Waals surface area contributed by atoms with Crippen LogP contribution >= 0.6 is 0 Å². The topological polar surface area (TPSA) is 37.4 Å². The third-order valence-corrected chi connectivity index (χ3v) is 3.08. The summed E-state index contributed by atoms with van der Waals surface area (Å²) >= 11 is 0. The lowest BCUT2D eigenvalue weighted by molar-refractivity contribution is 0.359. The number of nitrogens with one attached hydrogen (secondary N) is 1. The fourth-order valence-corrected chi connectivity index (χ4v) is 2.04. The van der Waals surface area contributed by atoms with Crippen molar-refractivity contribution >= 4 is 11.4 Å². The average molecular weight is 283 g/mol. The van der Waals surface area contributed by atoms with Crippen molar-refractivity contribution in [1.82, 2.24) is 4.98 Å². The molecule has 0 saturated carbocycles. The normalized spacial score (nSPS) is 10.0. The van der Waals surface area contributed by atoms with E-state index in [1.807, 2.05) is 44.6 Å². The van der Waals surface area contributed by atoms with Gasteiger partial charge in [-0.1, -0.05) is 30.9 Å². The predicted octanol–water partition coefficient (Wildman–Crippen LogP) is 3.32. The van der Waals surface area contributed by atoms with Gasteiger partial charge in [0.15, 0.2) is 0 Å². The van der Waals surface area contributed by atoms with Crippen LogP contribution in [0.5, 0.6) is 5.75 Å². The van der Waals surface area contributed by atoms with E-state index in [-0.39, 0.29) is 0 Å². The minimum absolute atomic E-state index is 0.507. The van der Waals surface area contributed by atoms with E-state index in [1.165, 1.54) is 0 Å². The molecule has 1 heterocycles. The Morgan fingerprint density at radius 1 is 1.29 bits per heavy atom. The van der Waals surface area contributed by atoms with Gasteiger partial charge in [-0.25, -0.2) is 0 Å². The Morgan fingerprint density at radius 2 is 2.10 bits per heavy atom. The molecule has 0 aliphatic carbocycles. The number of hydrogen-bond donors (Lipinski definition) is 1. The highest BCUT2D eigenvalue weighted by atomic mass is 16.5. The minimum atomic E-state index is 0.507. The first-order chi connectivity index (χ1) is 10.2. The summed E-state index contributed by atoms with van der Waals surface area (Å²) in [6, 6.07) is 9.99. The van der Waals surface area contributed by atoms with E-state index in [1.54, 1.807) is 12.3 Å². The fourth-order valence-electron chi connectivity index (χ4n) is 2.04. The van der Waals surface area contributed by atoms with Gasteiger partial charge in [0.1, 0.15) is 12.4 Å². The lowest BCUT2D eigenvalue weighted by Gasteiger charge is -2.18. The third-order valence-electron chi connectivity index (χ3n) is 3.08. The van der Waals surface area contributed by atoms with Gasteiger partial charge in [-0.15, -0.1) is 0 Å². The maximum atomic E-state index is 5.67. The van der Waals surface area contributed by atoms with Crippen molar-refractivity contribution in [3.8, 4) is 5.75 Å². The van der Waals surface area contributed by atoms with Crippen molar-refractivity contribution in [2.75, 3.05) is 30.9 Å². The second-order valence-corrected chi connectivity index (χ2v) is 4.85. The molecule has 0 atom stereocenters. The molecular formula is C17H21N3O. The van der Waals surface area contributed by atoms with Crippen LogP contribution in [0.2, 0.25) is 0 Å². The summed E-state index contributed by atoms with van der Waals surface area (Å²) in [5.74, 6) is 0.875. The van der Waals surface area contributed by atoms with E-state index in [9.17, 15) is 0 Å². The Labute approximate surface area is 126 Å². The molecule has 2 aromatic rings. The van der Waals surface area contributed by atoms with E-state index in [0.717, 1.165) is 22.7 Å². The van der Waals surface area contributed by atoms with Gasteiger partial charge >= 0.3 is 0 Å². The van der Waals surface area contributed by atoms with Crippen molar-refractivity contribution in [2.24, 2.45) is 0 Å². The minimum Gasteiger partial charge on any atom is -0.489 e. The highest BCUT2D eigenvalue weighted by molar-refractivity contribution is 5.68. The molecule has 1 aromatic heterocycles. The van der Waals surface area contributed by atoms with E-state index < -0.39 is 0 Å². The summed E-state index contributed by atoms with van der Waals surface area (Å²) in [5, 5.41) is 3.42. The van der Waals surface area contributed by atoms with Crippen molar-refractivity contribution in [3.05, 3.63) is 60.9 Å². The second-order valence-electron chi connectivity index (χ2n) is 4.85. The molecule has 0 amide bonds. The number of anilines is 2. The van der Waals surface area contributed by atoms with Gasteiger partial charge in [0, 0.05) is 32.4 Å². The Morgan fingerprint density at radius 3 is 2.86 bits per heavy atom. The zero-order valence-corrected chi connectivity index (χ0v) is 12.5. The number of hydrogen-bond acceptors (Lipinski definition) is 4. The molecule has 0 saturated heterocycles. The van der Waals surface area contributed by atoms with E-state index in [4.69, 9.17) is 4.74 Å². The van der Waals surface area contributed by atoms with Crippen molar-refractivity contribution in [3.63, 3.8) is 0 Å². The number of rotatable bonds is 7. The van der Waals surface area contributed by atoms with Gasteiger partial charge in [0.2, 0.25) is 0 Å². The summed E-state index contributed by atoms with van der Waals surface area (Å²) < 4.78 is 5.67. The van der Waals surface area contributed by atoms with Gasteiger partial charge in [0.25, 0.3) is 0 Å². The van der Waals surface area contributed by atoms with Gasteiger partial charge in [-0.05, 0) is 12.1 Å². The molecule has 1 aromatic carbocycles. The molecule has 0 spiro atoms. The third kappa shape index (κ3) is 3.99. The SMILES string of the molecule is C=CCOc1ccccc1CNc1cnccc1N(C)C. The molecule has 0 aliphatic rings. The monoisotopic (exact) mass is 283 g/mol. The number of pyridine rings is 1. The van der Waals surface area contributed by atoms with Gasteiger partial charge in [-0.2, -0.15) is 0 Å². The van der Waals surface area contributed by atoms with Crippen LogP contribution in [0, 0.1) is 0 Å². The van der Waals surface area contributed by atoms with Crippen LogP contribution < -0.4 is 15.0 Å². The van der Waals surface area contributed by atoms with Crippen LogP contribution in [0.3, 0.4) is 0 Å². The largest absolute Gasteiger partial charge is 0.489 e. The van der Waals surface area contributed by atoms with Gasteiger partial charge in [-0.3, -0.25) is 4.98 Å². The van der Waals surface area contributed by atoms with Crippen LogP contribution in [-0.2, 0) is 6.54 Å². The molecule has 0 unspecified atom stereocenters. The van der Waals surface area contributed by atoms with Gasteiger partial charge < -0.3 is 15.0 Å². The molecular weight excluding hydrogens is 262 g/mol. The van der Waals surface area contributed by atoms with Crippen molar-refractivity contribution < 1.29 is 4.74 Å². The number of para-hydroxylation sites is 1. The lowest BCUT2D eigenvalue weighted by atomic mass is 10.2. The molecule has 0 bridgehead atoms. The van der Waals surface area contributed by atoms with Crippen LogP contribution in [0.15, 0.2) is 55.4 Å². The molecule has 4 heteroatoms. The standard InChI is InChI=1S/C17H21N3O/c1-4-11-21-17-8-6-5-7-14(17)12-19-15-13-18-10-9-16(15)20(2)3/h4-10,13,19H,1,11-12H2,2-3H3. The maximum absolute atomic E-state index is 5.67. The molecule has 0 radical (unpaired) electrons. The first-order valence-electron chi connectivity index (χ1n) is 6.89. The molecule has 110 valence electrons. The lowest BCUT2D eigenvalue weighted by Crippen LogP contribution is -2.12. The maximum Gasteiger partial charge on any atom is 0.124 e. The number of ether oxygens (including phenoxy) is 1. The summed E-state index contributed by atoms with van der Waals surface area (Å²) in [4.78, 5) is 6.24. The quantitative estimate of drug-likeness (QED) is 0.791. The predicted molar refractivity (Wildman–Crippen MR) is 88.0 cm³/mol. The highest BCUT2D eigenvalue weighted by Crippen LogP contribution is 2.25.